The molecule has 0 spiro atoms. The Kier molecular flexibility index (Phi) is 5.31. The minimum atomic E-state index is 0.522. The minimum absolute atomic E-state index is 0.522. The van der Waals surface area contributed by atoms with Crippen LogP contribution in [0.2, 0.25) is 0 Å². The molecular weight excluding hydrogens is 256 g/mol. The summed E-state index contributed by atoms with van der Waals surface area (Å²) in [6, 6.07) is 2.37. The third-order valence-corrected chi connectivity index (χ3v) is 4.76. The molecule has 1 aliphatic carbocycles. The van der Waals surface area contributed by atoms with Gasteiger partial charge in [-0.1, -0.05) is 20.3 Å². The second kappa shape index (κ2) is 6.98. The Balaban J connectivity index is 2.05. The van der Waals surface area contributed by atoms with Gasteiger partial charge < -0.3 is 11.1 Å². The van der Waals surface area contributed by atoms with Crippen LogP contribution in [0.25, 0.3) is 0 Å². The molecule has 1 aromatic heterocycles. The highest BCUT2D eigenvalue weighted by atomic mass is 32.2. The van der Waals surface area contributed by atoms with Gasteiger partial charge >= 0.3 is 0 Å². The molecule has 1 aromatic rings. The van der Waals surface area contributed by atoms with E-state index in [1.807, 2.05) is 17.8 Å². The number of nitrogens with zero attached hydrogens (tertiary/aromatic N) is 2. The fraction of sp³-hybridized carbons (Fsp3) is 0.714. The van der Waals surface area contributed by atoms with Gasteiger partial charge in [0.2, 0.25) is 0 Å². The summed E-state index contributed by atoms with van der Waals surface area (Å²) in [5.74, 6) is 3.49. The average molecular weight is 280 g/mol. The van der Waals surface area contributed by atoms with Gasteiger partial charge in [0.25, 0.3) is 0 Å². The zero-order valence-corrected chi connectivity index (χ0v) is 12.7. The second-order valence-corrected chi connectivity index (χ2v) is 6.54. The molecule has 19 heavy (non-hydrogen) atoms. The Labute approximate surface area is 120 Å². The molecule has 0 aliphatic heterocycles. The number of aryl methyl sites for hydroxylation is 1. The molecule has 5 heteroatoms. The number of nitrogen functional groups attached to an aromatic ring is 1. The van der Waals surface area contributed by atoms with Crippen molar-refractivity contribution >= 4 is 23.4 Å². The first-order chi connectivity index (χ1) is 9.22. The summed E-state index contributed by atoms with van der Waals surface area (Å²) in [5.41, 5.74) is 5.86. The van der Waals surface area contributed by atoms with Crippen LogP contribution in [0.5, 0.6) is 0 Å². The highest BCUT2D eigenvalue weighted by molar-refractivity contribution is 7.99. The first-order valence-corrected chi connectivity index (χ1v) is 8.29. The van der Waals surface area contributed by atoms with Gasteiger partial charge in [0.1, 0.15) is 17.5 Å². The third-order valence-electron chi connectivity index (χ3n) is 3.43. The Bertz CT molecular complexity index is 410. The molecule has 0 radical (unpaired) electrons. The van der Waals surface area contributed by atoms with Gasteiger partial charge in [-0.2, -0.15) is 11.8 Å². The van der Waals surface area contributed by atoms with Gasteiger partial charge in [-0.3, -0.25) is 0 Å². The molecule has 2 rings (SSSR count). The molecule has 1 heterocycles. The summed E-state index contributed by atoms with van der Waals surface area (Å²) in [6.45, 7) is 4.35. The number of aromatic nitrogens is 2. The van der Waals surface area contributed by atoms with Crippen LogP contribution in [0.15, 0.2) is 6.07 Å². The van der Waals surface area contributed by atoms with E-state index in [2.05, 4.69) is 29.1 Å². The Morgan fingerprint density at radius 2 is 2.21 bits per heavy atom. The highest BCUT2D eigenvalue weighted by Gasteiger charge is 2.27. The van der Waals surface area contributed by atoms with Crippen LogP contribution in [0.4, 0.5) is 11.6 Å². The van der Waals surface area contributed by atoms with Crippen molar-refractivity contribution in [3.05, 3.63) is 11.9 Å². The summed E-state index contributed by atoms with van der Waals surface area (Å²) in [4.78, 5) is 8.84. The summed E-state index contributed by atoms with van der Waals surface area (Å²) in [5, 5.41) is 4.27. The summed E-state index contributed by atoms with van der Waals surface area (Å²) in [7, 11) is 0. The molecule has 2 unspecified atom stereocenters. The number of hydrogen-bond acceptors (Lipinski definition) is 5. The number of thioether (sulfide) groups is 1. The van der Waals surface area contributed by atoms with Crippen LogP contribution in [0.1, 0.15) is 45.4 Å². The fourth-order valence-corrected chi connectivity index (χ4v) is 3.82. The lowest BCUT2D eigenvalue weighted by Crippen LogP contribution is -2.27. The van der Waals surface area contributed by atoms with Crippen molar-refractivity contribution in [2.24, 2.45) is 0 Å². The average Bonchev–Trinajstić information content (AvgIpc) is 2.77. The number of anilines is 2. The molecule has 0 bridgehead atoms. The Morgan fingerprint density at radius 1 is 1.37 bits per heavy atom. The van der Waals surface area contributed by atoms with Gasteiger partial charge in [0.15, 0.2) is 0 Å². The van der Waals surface area contributed by atoms with Gasteiger partial charge in [-0.05, 0) is 25.0 Å². The monoisotopic (exact) mass is 280 g/mol. The predicted octanol–water partition coefficient (Wildman–Crippen LogP) is 3.10. The zero-order chi connectivity index (χ0) is 13.7. The van der Waals surface area contributed by atoms with Gasteiger partial charge in [-0.15, -0.1) is 0 Å². The maximum Gasteiger partial charge on any atom is 0.133 e. The van der Waals surface area contributed by atoms with E-state index in [0.717, 1.165) is 24.5 Å². The van der Waals surface area contributed by atoms with E-state index in [1.54, 1.807) is 0 Å². The SMILES string of the molecule is CCCc1nc(N)cc(NC2CCCC2SCC)n1. The van der Waals surface area contributed by atoms with Crippen LogP contribution >= 0.6 is 11.8 Å². The van der Waals surface area contributed by atoms with Crippen molar-refractivity contribution in [3.8, 4) is 0 Å². The number of hydrogen-bond donors (Lipinski definition) is 2. The van der Waals surface area contributed by atoms with Crippen molar-refractivity contribution in [1.29, 1.82) is 0 Å². The van der Waals surface area contributed by atoms with Crippen LogP contribution < -0.4 is 11.1 Å². The number of nitrogens with two attached hydrogens (primary N) is 1. The van der Waals surface area contributed by atoms with E-state index in [0.29, 0.717) is 17.1 Å². The largest absolute Gasteiger partial charge is 0.384 e. The summed E-state index contributed by atoms with van der Waals surface area (Å²) in [6.07, 6.45) is 5.76. The molecule has 106 valence electrons. The number of nitrogens with one attached hydrogen (secondary N) is 1. The van der Waals surface area contributed by atoms with Crippen LogP contribution in [0.3, 0.4) is 0 Å². The quantitative estimate of drug-likeness (QED) is 0.838. The standard InChI is InChI=1S/C14H24N4S/c1-3-6-13-17-12(15)9-14(18-13)16-10-7-5-8-11(10)19-4-2/h9-11H,3-8H2,1-2H3,(H3,15,16,17,18). The molecule has 2 atom stereocenters. The lowest BCUT2D eigenvalue weighted by Gasteiger charge is -2.21. The molecule has 4 nitrogen and oxygen atoms in total. The molecule has 0 amide bonds. The molecule has 1 saturated carbocycles. The molecule has 0 saturated heterocycles. The third kappa shape index (κ3) is 4.00. The molecule has 1 aliphatic rings. The summed E-state index contributed by atoms with van der Waals surface area (Å²) < 4.78 is 0. The molecular formula is C14H24N4S. The topological polar surface area (TPSA) is 63.8 Å². The van der Waals surface area contributed by atoms with E-state index >= 15 is 0 Å². The lowest BCUT2D eigenvalue weighted by molar-refractivity contribution is 0.755. The molecule has 0 aromatic carbocycles. The fourth-order valence-electron chi connectivity index (χ4n) is 2.62. The summed E-state index contributed by atoms with van der Waals surface area (Å²) >= 11 is 2.05. The first kappa shape index (κ1) is 14.4. The predicted molar refractivity (Wildman–Crippen MR) is 83.6 cm³/mol. The van der Waals surface area contributed by atoms with Gasteiger partial charge in [0, 0.05) is 23.8 Å². The zero-order valence-electron chi connectivity index (χ0n) is 11.9. The van der Waals surface area contributed by atoms with Crippen LogP contribution in [-0.4, -0.2) is 27.0 Å². The van der Waals surface area contributed by atoms with Gasteiger partial charge in [-0.25, -0.2) is 9.97 Å². The van der Waals surface area contributed by atoms with Crippen molar-refractivity contribution in [3.63, 3.8) is 0 Å². The smallest absolute Gasteiger partial charge is 0.133 e. The van der Waals surface area contributed by atoms with Gasteiger partial charge in [0.05, 0.1) is 0 Å². The van der Waals surface area contributed by atoms with E-state index in [-0.39, 0.29) is 0 Å². The van der Waals surface area contributed by atoms with Crippen molar-refractivity contribution in [2.75, 3.05) is 16.8 Å². The van der Waals surface area contributed by atoms with Crippen molar-refractivity contribution in [2.45, 2.75) is 57.2 Å². The highest BCUT2D eigenvalue weighted by Crippen LogP contribution is 2.31. The van der Waals surface area contributed by atoms with E-state index in [1.165, 1.54) is 25.0 Å². The first-order valence-electron chi connectivity index (χ1n) is 7.24. The Morgan fingerprint density at radius 3 is 2.95 bits per heavy atom. The molecule has 1 fully saturated rings. The van der Waals surface area contributed by atoms with E-state index < -0.39 is 0 Å². The van der Waals surface area contributed by atoms with Crippen LogP contribution in [0, 0.1) is 0 Å². The maximum atomic E-state index is 5.86. The minimum Gasteiger partial charge on any atom is -0.384 e. The lowest BCUT2D eigenvalue weighted by atomic mass is 10.2. The van der Waals surface area contributed by atoms with Crippen molar-refractivity contribution in [1.82, 2.24) is 9.97 Å². The second-order valence-electron chi connectivity index (χ2n) is 5.02. The molecule has 3 N–H and O–H groups in total. The van der Waals surface area contributed by atoms with Crippen molar-refractivity contribution < 1.29 is 0 Å². The maximum absolute atomic E-state index is 5.86. The van der Waals surface area contributed by atoms with E-state index in [9.17, 15) is 0 Å². The van der Waals surface area contributed by atoms with E-state index in [4.69, 9.17) is 5.73 Å². The number of rotatable bonds is 6. The normalized spacial score (nSPS) is 22.6. The Hall–Kier alpha value is -0.970. The van der Waals surface area contributed by atoms with Crippen LogP contribution in [-0.2, 0) is 6.42 Å².